The fourth-order valence-electron chi connectivity index (χ4n) is 3.35. The molecule has 0 amide bonds. The summed E-state index contributed by atoms with van der Waals surface area (Å²) in [4.78, 5) is 13.8. The minimum Gasteiger partial charge on any atom is -0.497 e. The molecule has 0 aliphatic carbocycles. The lowest BCUT2D eigenvalue weighted by Crippen LogP contribution is -2.25. The van der Waals surface area contributed by atoms with Gasteiger partial charge in [-0.1, -0.05) is 32.4 Å². The molecule has 1 aromatic carbocycles. The topological polar surface area (TPSA) is 101 Å². The summed E-state index contributed by atoms with van der Waals surface area (Å²) < 4.78 is 10.8. The lowest BCUT2D eigenvalue weighted by molar-refractivity contribution is 0.267. The van der Waals surface area contributed by atoms with E-state index in [-0.39, 0.29) is 12.6 Å². The van der Waals surface area contributed by atoms with Gasteiger partial charge in [-0.2, -0.15) is 4.98 Å². The number of unbranched alkanes of at least 4 members (excludes halogenated alkanes) is 1. The number of hydrogen-bond donors (Lipinski definition) is 3. The molecule has 32 heavy (non-hydrogen) atoms. The van der Waals surface area contributed by atoms with Crippen LogP contribution < -0.4 is 20.1 Å². The Hall–Kier alpha value is -3.39. The zero-order valence-electron chi connectivity index (χ0n) is 18.9. The van der Waals surface area contributed by atoms with Crippen LogP contribution in [0.4, 0.5) is 11.8 Å². The average molecular weight is 438 g/mol. The second-order valence-electron chi connectivity index (χ2n) is 7.43. The minimum atomic E-state index is -0.108. The van der Waals surface area contributed by atoms with Crippen molar-refractivity contribution in [2.75, 3.05) is 31.5 Å². The summed E-state index contributed by atoms with van der Waals surface area (Å²) in [5, 5.41) is 16.4. The number of aliphatic hydroxyl groups is 1. The molecule has 0 radical (unpaired) electrons. The van der Waals surface area contributed by atoms with Crippen molar-refractivity contribution < 1.29 is 14.6 Å². The van der Waals surface area contributed by atoms with E-state index in [4.69, 9.17) is 9.47 Å². The van der Waals surface area contributed by atoms with E-state index in [0.29, 0.717) is 35.1 Å². The van der Waals surface area contributed by atoms with E-state index in [2.05, 4.69) is 39.1 Å². The maximum Gasteiger partial charge on any atom is 0.225 e. The monoisotopic (exact) mass is 437 g/mol. The quantitative estimate of drug-likeness (QED) is 0.386. The molecule has 8 nitrogen and oxygen atoms in total. The number of ether oxygens (including phenoxy) is 2. The minimum absolute atomic E-state index is 0.0159. The third kappa shape index (κ3) is 5.64. The Morgan fingerprint density at radius 2 is 2.03 bits per heavy atom. The number of anilines is 2. The SMILES string of the molecule is C=Cc1cnc2c(NC(CO)CCCC)nc(NCc3ccc(OC)cc3OC)nc2c1. The van der Waals surface area contributed by atoms with Crippen LogP contribution in [0.2, 0.25) is 0 Å². The lowest BCUT2D eigenvalue weighted by Gasteiger charge is -2.18. The number of pyridine rings is 1. The summed E-state index contributed by atoms with van der Waals surface area (Å²) in [6, 6.07) is 7.47. The average Bonchev–Trinajstić information content (AvgIpc) is 2.84. The van der Waals surface area contributed by atoms with Gasteiger partial charge in [0, 0.05) is 24.4 Å². The van der Waals surface area contributed by atoms with Gasteiger partial charge in [-0.05, 0) is 30.2 Å². The molecule has 3 N–H and O–H groups in total. The van der Waals surface area contributed by atoms with Crippen molar-refractivity contribution >= 4 is 28.9 Å². The molecule has 0 aliphatic rings. The number of aliphatic hydroxyl groups excluding tert-OH is 1. The number of aromatic nitrogens is 3. The highest BCUT2D eigenvalue weighted by molar-refractivity contribution is 5.87. The molecule has 170 valence electrons. The predicted molar refractivity (Wildman–Crippen MR) is 128 cm³/mol. The zero-order chi connectivity index (χ0) is 22.9. The first kappa shape index (κ1) is 23.3. The Morgan fingerprint density at radius 1 is 1.19 bits per heavy atom. The number of fused-ring (bicyclic) bond motifs is 1. The Morgan fingerprint density at radius 3 is 2.72 bits per heavy atom. The van der Waals surface area contributed by atoms with E-state index in [9.17, 15) is 5.11 Å². The predicted octanol–water partition coefficient (Wildman–Crippen LogP) is 4.26. The highest BCUT2D eigenvalue weighted by Crippen LogP contribution is 2.26. The lowest BCUT2D eigenvalue weighted by atomic mass is 10.1. The van der Waals surface area contributed by atoms with E-state index in [1.807, 2.05) is 24.3 Å². The van der Waals surface area contributed by atoms with Crippen molar-refractivity contribution in [3.8, 4) is 11.5 Å². The largest absolute Gasteiger partial charge is 0.497 e. The van der Waals surface area contributed by atoms with Crippen LogP contribution >= 0.6 is 0 Å². The second kappa shape index (κ2) is 11.3. The number of hydrogen-bond acceptors (Lipinski definition) is 8. The van der Waals surface area contributed by atoms with Crippen LogP contribution in [0.5, 0.6) is 11.5 Å². The van der Waals surface area contributed by atoms with Gasteiger partial charge in [-0.25, -0.2) is 4.98 Å². The third-order valence-electron chi connectivity index (χ3n) is 5.19. The molecule has 3 rings (SSSR count). The molecular formula is C24H31N5O3. The van der Waals surface area contributed by atoms with Gasteiger partial charge in [0.15, 0.2) is 5.82 Å². The van der Waals surface area contributed by atoms with Gasteiger partial charge in [-0.3, -0.25) is 4.98 Å². The van der Waals surface area contributed by atoms with Gasteiger partial charge in [-0.15, -0.1) is 0 Å². The van der Waals surface area contributed by atoms with E-state index in [1.165, 1.54) is 0 Å². The molecular weight excluding hydrogens is 406 g/mol. The summed E-state index contributed by atoms with van der Waals surface area (Å²) in [6.45, 7) is 6.42. The summed E-state index contributed by atoms with van der Waals surface area (Å²) >= 11 is 0. The highest BCUT2D eigenvalue weighted by atomic mass is 16.5. The van der Waals surface area contributed by atoms with E-state index in [1.54, 1.807) is 26.5 Å². The fraction of sp³-hybridized carbons (Fsp3) is 0.375. The summed E-state index contributed by atoms with van der Waals surface area (Å²) in [5.41, 5.74) is 3.16. The summed E-state index contributed by atoms with van der Waals surface area (Å²) in [7, 11) is 3.25. The molecule has 0 saturated carbocycles. The first-order valence-corrected chi connectivity index (χ1v) is 10.7. The number of nitrogens with zero attached hydrogens (tertiary/aromatic N) is 3. The Bertz CT molecular complexity index is 1060. The van der Waals surface area contributed by atoms with Gasteiger partial charge in [0.05, 0.1) is 32.4 Å². The van der Waals surface area contributed by atoms with Crippen molar-refractivity contribution in [1.29, 1.82) is 0 Å². The molecule has 0 aliphatic heterocycles. The van der Waals surface area contributed by atoms with E-state index < -0.39 is 0 Å². The normalized spacial score (nSPS) is 11.8. The molecule has 0 saturated heterocycles. The smallest absolute Gasteiger partial charge is 0.225 e. The molecule has 0 spiro atoms. The first-order valence-electron chi connectivity index (χ1n) is 10.7. The molecule has 2 heterocycles. The van der Waals surface area contributed by atoms with Crippen molar-refractivity contribution in [2.24, 2.45) is 0 Å². The molecule has 1 unspecified atom stereocenters. The molecule has 2 aromatic heterocycles. The van der Waals surface area contributed by atoms with Crippen LogP contribution in [-0.4, -0.2) is 46.9 Å². The Kier molecular flexibility index (Phi) is 8.21. The van der Waals surface area contributed by atoms with Gasteiger partial charge in [0.2, 0.25) is 5.95 Å². The second-order valence-corrected chi connectivity index (χ2v) is 7.43. The number of rotatable bonds is 12. The van der Waals surface area contributed by atoms with Crippen molar-refractivity contribution in [3.63, 3.8) is 0 Å². The van der Waals surface area contributed by atoms with Crippen LogP contribution in [0.3, 0.4) is 0 Å². The van der Waals surface area contributed by atoms with Crippen molar-refractivity contribution in [2.45, 2.75) is 38.8 Å². The Balaban J connectivity index is 1.91. The van der Waals surface area contributed by atoms with Gasteiger partial charge >= 0.3 is 0 Å². The summed E-state index contributed by atoms with van der Waals surface area (Å²) in [5.74, 6) is 2.48. The fourth-order valence-corrected chi connectivity index (χ4v) is 3.35. The van der Waals surface area contributed by atoms with Gasteiger partial charge in [0.1, 0.15) is 17.0 Å². The van der Waals surface area contributed by atoms with Crippen LogP contribution in [-0.2, 0) is 6.54 Å². The van der Waals surface area contributed by atoms with Crippen molar-refractivity contribution in [3.05, 3.63) is 48.2 Å². The molecule has 0 fully saturated rings. The van der Waals surface area contributed by atoms with Crippen LogP contribution in [0.1, 0.15) is 37.3 Å². The summed E-state index contributed by atoms with van der Waals surface area (Å²) in [6.07, 6.45) is 6.38. The zero-order valence-corrected chi connectivity index (χ0v) is 18.9. The third-order valence-corrected chi connectivity index (χ3v) is 5.19. The van der Waals surface area contributed by atoms with Crippen LogP contribution in [0.15, 0.2) is 37.0 Å². The van der Waals surface area contributed by atoms with Crippen LogP contribution in [0.25, 0.3) is 17.1 Å². The maximum absolute atomic E-state index is 9.81. The molecule has 8 heteroatoms. The highest BCUT2D eigenvalue weighted by Gasteiger charge is 2.15. The van der Waals surface area contributed by atoms with Crippen LogP contribution in [0, 0.1) is 0 Å². The number of methoxy groups -OCH3 is 2. The number of benzene rings is 1. The number of nitrogens with one attached hydrogen (secondary N) is 2. The van der Waals surface area contributed by atoms with E-state index >= 15 is 0 Å². The van der Waals surface area contributed by atoms with Gasteiger partial charge in [0.25, 0.3) is 0 Å². The Labute approximate surface area is 188 Å². The molecule has 1 atom stereocenters. The first-order chi connectivity index (χ1) is 15.6. The molecule has 0 bridgehead atoms. The standard InChI is InChI=1S/C24H31N5O3/c1-5-7-8-18(15-30)27-23-22-20(11-16(6-2)13-25-22)28-24(29-23)26-14-17-9-10-19(31-3)12-21(17)32-4/h6,9-13,18,30H,2,5,7-8,14-15H2,1,3-4H3,(H2,26,27,28,29). The van der Waals surface area contributed by atoms with E-state index in [0.717, 1.165) is 36.1 Å². The van der Waals surface area contributed by atoms with Gasteiger partial charge < -0.3 is 25.2 Å². The van der Waals surface area contributed by atoms with Crippen molar-refractivity contribution in [1.82, 2.24) is 15.0 Å². The maximum atomic E-state index is 9.81. The molecule has 3 aromatic rings.